The first-order chi connectivity index (χ1) is 7.79. The van der Waals surface area contributed by atoms with Crippen molar-refractivity contribution < 1.29 is 0 Å². The van der Waals surface area contributed by atoms with E-state index in [1.807, 2.05) is 0 Å². The number of nitrogens with two attached hydrogens (primary N) is 1. The number of rotatable bonds is 2. The Morgan fingerprint density at radius 3 is 2.75 bits per heavy atom. The topological polar surface area (TPSA) is 47.1 Å². The first-order valence-electron chi connectivity index (χ1n) is 6.27. The quantitative estimate of drug-likeness (QED) is 0.819. The van der Waals surface area contributed by atoms with Gasteiger partial charge in [0.15, 0.2) is 0 Å². The maximum Gasteiger partial charge on any atom is 0.0808 e. The molecule has 1 aromatic rings. The van der Waals surface area contributed by atoms with Crippen LogP contribution in [-0.2, 0) is 19.6 Å². The normalized spacial score (nSPS) is 21.9. The standard InChI is InChI=1S/C12H20N4/c1-15-7-10-11(6-13)14-16(12(10)8-15)9-4-2-3-5-9/h9H,2-8,13H2,1H3. The summed E-state index contributed by atoms with van der Waals surface area (Å²) in [5, 5.41) is 4.73. The van der Waals surface area contributed by atoms with E-state index < -0.39 is 0 Å². The molecule has 4 nitrogen and oxygen atoms in total. The van der Waals surface area contributed by atoms with Crippen molar-refractivity contribution in [3.8, 4) is 0 Å². The van der Waals surface area contributed by atoms with Gasteiger partial charge in [0.05, 0.1) is 17.4 Å². The highest BCUT2D eigenvalue weighted by molar-refractivity contribution is 5.30. The van der Waals surface area contributed by atoms with E-state index in [1.54, 1.807) is 0 Å². The Labute approximate surface area is 96.4 Å². The van der Waals surface area contributed by atoms with Crippen LogP contribution in [0.1, 0.15) is 48.7 Å². The van der Waals surface area contributed by atoms with E-state index >= 15 is 0 Å². The van der Waals surface area contributed by atoms with Gasteiger partial charge in [0.25, 0.3) is 0 Å². The summed E-state index contributed by atoms with van der Waals surface area (Å²) in [5.41, 5.74) is 9.73. The highest BCUT2D eigenvalue weighted by atomic mass is 15.3. The van der Waals surface area contributed by atoms with Gasteiger partial charge >= 0.3 is 0 Å². The Bertz CT molecular complexity index is 390. The van der Waals surface area contributed by atoms with E-state index in [0.717, 1.165) is 18.8 Å². The summed E-state index contributed by atoms with van der Waals surface area (Å²) in [6.07, 6.45) is 5.30. The highest BCUT2D eigenvalue weighted by Gasteiger charge is 2.29. The predicted octanol–water partition coefficient (Wildman–Crippen LogP) is 1.40. The third-order valence-corrected chi connectivity index (χ3v) is 3.91. The molecule has 1 saturated carbocycles. The van der Waals surface area contributed by atoms with Gasteiger partial charge in [-0.05, 0) is 19.9 Å². The molecule has 1 aromatic heterocycles. The molecule has 88 valence electrons. The van der Waals surface area contributed by atoms with Crippen molar-refractivity contribution in [2.75, 3.05) is 7.05 Å². The minimum absolute atomic E-state index is 0.579. The second kappa shape index (κ2) is 3.86. The van der Waals surface area contributed by atoms with E-state index in [1.165, 1.54) is 36.9 Å². The third kappa shape index (κ3) is 1.48. The van der Waals surface area contributed by atoms with Crippen LogP contribution in [0.3, 0.4) is 0 Å². The van der Waals surface area contributed by atoms with E-state index in [2.05, 4.69) is 16.6 Å². The minimum atomic E-state index is 0.579. The number of hydrogen-bond acceptors (Lipinski definition) is 3. The first-order valence-corrected chi connectivity index (χ1v) is 6.27. The van der Waals surface area contributed by atoms with Gasteiger partial charge in [-0.2, -0.15) is 5.10 Å². The summed E-state index contributed by atoms with van der Waals surface area (Å²) in [7, 11) is 2.17. The average molecular weight is 220 g/mol. The third-order valence-electron chi connectivity index (χ3n) is 3.91. The van der Waals surface area contributed by atoms with E-state index in [-0.39, 0.29) is 0 Å². The maximum atomic E-state index is 5.79. The Morgan fingerprint density at radius 2 is 2.06 bits per heavy atom. The van der Waals surface area contributed by atoms with Gasteiger partial charge < -0.3 is 5.73 Å². The van der Waals surface area contributed by atoms with Gasteiger partial charge in [0.2, 0.25) is 0 Å². The SMILES string of the molecule is CN1Cc2c(CN)nn(C3CCCC3)c2C1. The molecule has 0 bridgehead atoms. The summed E-state index contributed by atoms with van der Waals surface area (Å²) in [4.78, 5) is 2.34. The smallest absolute Gasteiger partial charge is 0.0808 e. The fourth-order valence-corrected chi connectivity index (χ4v) is 3.10. The van der Waals surface area contributed by atoms with Crippen LogP contribution in [0.15, 0.2) is 0 Å². The van der Waals surface area contributed by atoms with Crippen LogP contribution in [-0.4, -0.2) is 21.7 Å². The monoisotopic (exact) mass is 220 g/mol. The Hall–Kier alpha value is -0.870. The van der Waals surface area contributed by atoms with E-state index in [4.69, 9.17) is 10.8 Å². The fourth-order valence-electron chi connectivity index (χ4n) is 3.10. The minimum Gasteiger partial charge on any atom is -0.325 e. The van der Waals surface area contributed by atoms with E-state index in [9.17, 15) is 0 Å². The molecule has 0 radical (unpaired) electrons. The lowest BCUT2D eigenvalue weighted by Crippen LogP contribution is -2.16. The van der Waals surface area contributed by atoms with Crippen LogP contribution in [0.2, 0.25) is 0 Å². The van der Waals surface area contributed by atoms with Crippen molar-refractivity contribution in [1.29, 1.82) is 0 Å². The molecule has 1 fully saturated rings. The molecule has 0 unspecified atom stereocenters. The molecule has 2 aliphatic rings. The van der Waals surface area contributed by atoms with Crippen LogP contribution in [0, 0.1) is 0 Å². The number of hydrogen-bond donors (Lipinski definition) is 1. The largest absolute Gasteiger partial charge is 0.325 e. The Kier molecular flexibility index (Phi) is 2.48. The molecule has 0 saturated heterocycles. The second-order valence-corrected chi connectivity index (χ2v) is 5.13. The summed E-state index contributed by atoms with van der Waals surface area (Å²) in [5.74, 6) is 0. The van der Waals surface area contributed by atoms with Crippen molar-refractivity contribution in [1.82, 2.24) is 14.7 Å². The van der Waals surface area contributed by atoms with Gasteiger partial charge in [-0.1, -0.05) is 12.8 Å². The summed E-state index contributed by atoms with van der Waals surface area (Å²) >= 11 is 0. The Balaban J connectivity index is 1.99. The lowest BCUT2D eigenvalue weighted by Gasteiger charge is -2.14. The number of nitrogens with zero attached hydrogens (tertiary/aromatic N) is 3. The van der Waals surface area contributed by atoms with Gasteiger partial charge in [-0.25, -0.2) is 0 Å². The van der Waals surface area contributed by atoms with Gasteiger partial charge in [0.1, 0.15) is 0 Å². The van der Waals surface area contributed by atoms with Crippen LogP contribution >= 0.6 is 0 Å². The van der Waals surface area contributed by atoms with Crippen molar-refractivity contribution in [3.63, 3.8) is 0 Å². The molecule has 2 heterocycles. The second-order valence-electron chi connectivity index (χ2n) is 5.13. The molecule has 16 heavy (non-hydrogen) atoms. The van der Waals surface area contributed by atoms with Crippen molar-refractivity contribution in [3.05, 3.63) is 17.0 Å². The summed E-state index contributed by atoms with van der Waals surface area (Å²) in [6.45, 7) is 2.64. The van der Waals surface area contributed by atoms with Crippen molar-refractivity contribution >= 4 is 0 Å². The van der Waals surface area contributed by atoms with Crippen molar-refractivity contribution in [2.45, 2.75) is 51.4 Å². The van der Waals surface area contributed by atoms with Gasteiger partial charge in [0, 0.05) is 25.2 Å². The van der Waals surface area contributed by atoms with Crippen LogP contribution in [0.25, 0.3) is 0 Å². The van der Waals surface area contributed by atoms with Crippen LogP contribution in [0.5, 0.6) is 0 Å². The maximum absolute atomic E-state index is 5.79. The Morgan fingerprint density at radius 1 is 1.31 bits per heavy atom. The molecule has 0 atom stereocenters. The van der Waals surface area contributed by atoms with Crippen LogP contribution in [0.4, 0.5) is 0 Å². The average Bonchev–Trinajstić information content (AvgIpc) is 2.92. The fraction of sp³-hybridized carbons (Fsp3) is 0.750. The zero-order chi connectivity index (χ0) is 11.1. The van der Waals surface area contributed by atoms with E-state index in [0.29, 0.717) is 12.6 Å². The summed E-state index contributed by atoms with van der Waals surface area (Å²) < 4.78 is 2.29. The highest BCUT2D eigenvalue weighted by Crippen LogP contribution is 2.34. The first kappa shape index (κ1) is 10.3. The zero-order valence-corrected chi connectivity index (χ0v) is 9.95. The van der Waals surface area contributed by atoms with Crippen LogP contribution < -0.4 is 5.73 Å². The molecule has 0 aromatic carbocycles. The summed E-state index contributed by atoms with van der Waals surface area (Å²) in [6, 6.07) is 0.639. The molecule has 0 amide bonds. The number of fused-ring (bicyclic) bond motifs is 1. The van der Waals surface area contributed by atoms with Gasteiger partial charge in [-0.3, -0.25) is 9.58 Å². The van der Waals surface area contributed by atoms with Crippen molar-refractivity contribution in [2.24, 2.45) is 5.73 Å². The molecular formula is C12H20N4. The number of aromatic nitrogens is 2. The zero-order valence-electron chi connectivity index (χ0n) is 9.95. The lowest BCUT2D eigenvalue weighted by atomic mass is 10.2. The van der Waals surface area contributed by atoms with Gasteiger partial charge in [-0.15, -0.1) is 0 Å². The molecular weight excluding hydrogens is 200 g/mol. The lowest BCUT2D eigenvalue weighted by molar-refractivity contribution is 0.331. The molecule has 3 rings (SSSR count). The molecule has 2 N–H and O–H groups in total. The predicted molar refractivity (Wildman–Crippen MR) is 62.8 cm³/mol. The molecule has 1 aliphatic heterocycles. The molecule has 1 aliphatic carbocycles. The molecule has 4 heteroatoms. The molecule has 0 spiro atoms.